The van der Waals surface area contributed by atoms with Crippen LogP contribution in [0.4, 0.5) is 15.8 Å². The van der Waals surface area contributed by atoms with E-state index in [2.05, 4.69) is 10.2 Å². The number of carbonyl (C=O) groups is 1. The SMILES string of the molecule is CC(C)C(NC(=O)CN1CCCc2c(N)cccc21)c1ccc(F)cc1. The highest BCUT2D eigenvalue weighted by atomic mass is 19.1. The number of hydrogen-bond acceptors (Lipinski definition) is 3. The topological polar surface area (TPSA) is 58.4 Å². The minimum atomic E-state index is -0.273. The van der Waals surface area contributed by atoms with Gasteiger partial charge in [-0.2, -0.15) is 0 Å². The van der Waals surface area contributed by atoms with Gasteiger partial charge in [-0.3, -0.25) is 4.79 Å². The zero-order valence-electron chi connectivity index (χ0n) is 15.3. The third-order valence-electron chi connectivity index (χ3n) is 4.93. The van der Waals surface area contributed by atoms with Gasteiger partial charge in [-0.15, -0.1) is 0 Å². The van der Waals surface area contributed by atoms with E-state index in [4.69, 9.17) is 5.73 Å². The molecule has 1 unspecified atom stereocenters. The Bertz CT molecular complexity index is 773. The molecule has 0 saturated heterocycles. The second-order valence-corrected chi connectivity index (χ2v) is 7.21. The van der Waals surface area contributed by atoms with E-state index in [-0.39, 0.29) is 23.7 Å². The Labute approximate surface area is 154 Å². The lowest BCUT2D eigenvalue weighted by molar-refractivity contribution is -0.120. The van der Waals surface area contributed by atoms with E-state index in [0.717, 1.165) is 41.9 Å². The van der Waals surface area contributed by atoms with Crippen LogP contribution in [-0.2, 0) is 11.2 Å². The van der Waals surface area contributed by atoms with Gasteiger partial charge in [-0.1, -0.05) is 32.0 Å². The van der Waals surface area contributed by atoms with Gasteiger partial charge in [0.1, 0.15) is 5.82 Å². The molecule has 0 aliphatic carbocycles. The summed E-state index contributed by atoms with van der Waals surface area (Å²) in [6.07, 6.45) is 1.93. The summed E-state index contributed by atoms with van der Waals surface area (Å²) in [5.74, 6) is -0.109. The highest BCUT2D eigenvalue weighted by Crippen LogP contribution is 2.31. The highest BCUT2D eigenvalue weighted by Gasteiger charge is 2.23. The first-order valence-corrected chi connectivity index (χ1v) is 9.13. The number of rotatable bonds is 5. The molecule has 0 bridgehead atoms. The third kappa shape index (κ3) is 3.98. The molecule has 3 N–H and O–H groups in total. The fraction of sp³-hybridized carbons (Fsp3) is 0.381. The van der Waals surface area contributed by atoms with E-state index in [1.807, 2.05) is 32.0 Å². The van der Waals surface area contributed by atoms with Gasteiger partial charge in [-0.05, 0) is 54.2 Å². The predicted octanol–water partition coefficient (Wildman–Crippen LogP) is 3.67. The Morgan fingerprint density at radius 3 is 2.65 bits per heavy atom. The first-order chi connectivity index (χ1) is 12.5. The number of nitrogens with zero attached hydrogens (tertiary/aromatic N) is 1. The Hall–Kier alpha value is -2.56. The smallest absolute Gasteiger partial charge is 0.240 e. The number of nitrogen functional groups attached to an aromatic ring is 1. The Kier molecular flexibility index (Phi) is 5.45. The summed E-state index contributed by atoms with van der Waals surface area (Å²) >= 11 is 0. The second-order valence-electron chi connectivity index (χ2n) is 7.21. The zero-order valence-corrected chi connectivity index (χ0v) is 15.3. The minimum absolute atomic E-state index is 0.0386. The van der Waals surface area contributed by atoms with Crippen LogP contribution in [-0.4, -0.2) is 19.0 Å². The molecule has 1 amide bonds. The van der Waals surface area contributed by atoms with Gasteiger partial charge >= 0.3 is 0 Å². The number of halogens is 1. The van der Waals surface area contributed by atoms with E-state index >= 15 is 0 Å². The molecule has 2 aromatic carbocycles. The summed E-state index contributed by atoms with van der Waals surface area (Å²) in [4.78, 5) is 14.8. The summed E-state index contributed by atoms with van der Waals surface area (Å²) in [5, 5.41) is 3.11. The number of nitrogens with two attached hydrogens (primary N) is 1. The third-order valence-corrected chi connectivity index (χ3v) is 4.93. The van der Waals surface area contributed by atoms with Crippen LogP contribution in [0, 0.1) is 11.7 Å². The number of benzene rings is 2. The molecule has 138 valence electrons. The summed E-state index contributed by atoms with van der Waals surface area (Å²) < 4.78 is 13.2. The van der Waals surface area contributed by atoms with E-state index in [1.54, 1.807) is 12.1 Å². The number of nitrogens with one attached hydrogen (secondary N) is 1. The van der Waals surface area contributed by atoms with Crippen molar-refractivity contribution in [3.63, 3.8) is 0 Å². The average molecular weight is 355 g/mol. The Morgan fingerprint density at radius 2 is 1.96 bits per heavy atom. The summed E-state index contributed by atoms with van der Waals surface area (Å²) in [6, 6.07) is 12.0. The van der Waals surface area contributed by atoms with E-state index in [9.17, 15) is 9.18 Å². The van der Waals surface area contributed by atoms with Crippen LogP contribution in [0.25, 0.3) is 0 Å². The molecule has 5 heteroatoms. The normalized spacial score (nSPS) is 14.8. The quantitative estimate of drug-likeness (QED) is 0.805. The molecule has 1 aliphatic rings. The van der Waals surface area contributed by atoms with Gasteiger partial charge in [0.15, 0.2) is 0 Å². The lowest BCUT2D eigenvalue weighted by atomic mass is 9.96. The van der Waals surface area contributed by atoms with Crippen LogP contribution in [0.5, 0.6) is 0 Å². The molecule has 26 heavy (non-hydrogen) atoms. The van der Waals surface area contributed by atoms with Crippen LogP contribution in [0.1, 0.15) is 37.4 Å². The van der Waals surface area contributed by atoms with Gasteiger partial charge in [-0.25, -0.2) is 4.39 Å². The Balaban J connectivity index is 1.72. The minimum Gasteiger partial charge on any atom is -0.398 e. The predicted molar refractivity (Wildman–Crippen MR) is 104 cm³/mol. The molecule has 1 atom stereocenters. The summed E-state index contributed by atoms with van der Waals surface area (Å²) in [5.41, 5.74) is 9.97. The molecule has 2 aromatic rings. The lowest BCUT2D eigenvalue weighted by Gasteiger charge is -2.32. The average Bonchev–Trinajstić information content (AvgIpc) is 2.61. The molecule has 0 saturated carbocycles. The van der Waals surface area contributed by atoms with Crippen LogP contribution >= 0.6 is 0 Å². The molecule has 0 fully saturated rings. The molecular formula is C21H26FN3O. The van der Waals surface area contributed by atoms with E-state index < -0.39 is 0 Å². The van der Waals surface area contributed by atoms with Crippen molar-refractivity contribution >= 4 is 17.3 Å². The van der Waals surface area contributed by atoms with E-state index in [0.29, 0.717) is 6.54 Å². The van der Waals surface area contributed by atoms with Crippen LogP contribution in [0.15, 0.2) is 42.5 Å². The van der Waals surface area contributed by atoms with Gasteiger partial charge in [0.2, 0.25) is 5.91 Å². The maximum absolute atomic E-state index is 13.2. The van der Waals surface area contributed by atoms with Crippen molar-refractivity contribution in [1.29, 1.82) is 0 Å². The molecular weight excluding hydrogens is 329 g/mol. The van der Waals surface area contributed by atoms with E-state index in [1.165, 1.54) is 12.1 Å². The number of anilines is 2. The van der Waals surface area contributed by atoms with Crippen molar-refractivity contribution in [3.8, 4) is 0 Å². The van der Waals surface area contributed by atoms with Gasteiger partial charge in [0.25, 0.3) is 0 Å². The first-order valence-electron chi connectivity index (χ1n) is 9.13. The summed E-state index contributed by atoms with van der Waals surface area (Å²) in [6.45, 7) is 5.23. The largest absolute Gasteiger partial charge is 0.398 e. The fourth-order valence-electron chi connectivity index (χ4n) is 3.59. The molecule has 1 aliphatic heterocycles. The molecule has 1 heterocycles. The molecule has 4 nitrogen and oxygen atoms in total. The maximum atomic E-state index is 13.2. The molecule has 3 rings (SSSR count). The van der Waals surface area contributed by atoms with Crippen LogP contribution in [0.3, 0.4) is 0 Å². The highest BCUT2D eigenvalue weighted by molar-refractivity contribution is 5.83. The van der Waals surface area contributed by atoms with Crippen molar-refractivity contribution < 1.29 is 9.18 Å². The van der Waals surface area contributed by atoms with Gasteiger partial charge in [0.05, 0.1) is 12.6 Å². The van der Waals surface area contributed by atoms with Crippen molar-refractivity contribution in [1.82, 2.24) is 5.32 Å². The monoisotopic (exact) mass is 355 g/mol. The molecule has 0 spiro atoms. The summed E-state index contributed by atoms with van der Waals surface area (Å²) in [7, 11) is 0. The van der Waals surface area contributed by atoms with Crippen molar-refractivity contribution in [2.45, 2.75) is 32.7 Å². The first kappa shape index (κ1) is 18.2. The molecule has 0 radical (unpaired) electrons. The van der Waals surface area contributed by atoms with Crippen LogP contribution in [0.2, 0.25) is 0 Å². The maximum Gasteiger partial charge on any atom is 0.240 e. The number of hydrogen-bond donors (Lipinski definition) is 2. The van der Waals surface area contributed by atoms with Crippen LogP contribution < -0.4 is 16.0 Å². The number of carbonyl (C=O) groups excluding carboxylic acids is 1. The molecule has 0 aromatic heterocycles. The second kappa shape index (κ2) is 7.77. The lowest BCUT2D eigenvalue weighted by Crippen LogP contribution is -2.42. The zero-order chi connectivity index (χ0) is 18.7. The van der Waals surface area contributed by atoms with Crippen molar-refractivity contribution in [2.75, 3.05) is 23.7 Å². The number of amides is 1. The fourth-order valence-corrected chi connectivity index (χ4v) is 3.59. The van der Waals surface area contributed by atoms with Crippen molar-refractivity contribution in [2.24, 2.45) is 5.92 Å². The number of fused-ring (bicyclic) bond motifs is 1. The van der Waals surface area contributed by atoms with Gasteiger partial charge in [0, 0.05) is 17.9 Å². The van der Waals surface area contributed by atoms with Crippen molar-refractivity contribution in [3.05, 3.63) is 59.4 Å². The van der Waals surface area contributed by atoms with Gasteiger partial charge < -0.3 is 16.0 Å². The standard InChI is InChI=1S/C21H26FN3O/c1-14(2)21(15-8-10-16(22)11-9-15)24-20(26)13-25-12-4-5-17-18(23)6-3-7-19(17)25/h3,6-11,14,21H,4-5,12-13,23H2,1-2H3,(H,24,26). The Morgan fingerprint density at radius 1 is 1.23 bits per heavy atom.